The third-order valence-corrected chi connectivity index (χ3v) is 11.0. The lowest BCUT2D eigenvalue weighted by atomic mass is 9.49. The third-order valence-electron chi connectivity index (χ3n) is 11.0. The molecule has 0 aliphatic heterocycles. The van der Waals surface area contributed by atoms with Gasteiger partial charge in [0.15, 0.2) is 0 Å². The monoisotopic (exact) mass is 436 g/mol. The predicted molar refractivity (Wildman–Crippen MR) is 123 cm³/mol. The van der Waals surface area contributed by atoms with Gasteiger partial charge in [-0.1, -0.05) is 6.08 Å². The van der Waals surface area contributed by atoms with E-state index in [0.717, 1.165) is 99.0 Å². The fraction of sp³-hybridized carbons (Fsp3) is 0.857. The molecule has 9 aliphatic carbocycles. The van der Waals surface area contributed by atoms with Gasteiger partial charge in [0.1, 0.15) is 0 Å². The highest BCUT2D eigenvalue weighted by Gasteiger charge is 2.56. The lowest BCUT2D eigenvalue weighted by Crippen LogP contribution is -2.56. The van der Waals surface area contributed by atoms with Crippen LogP contribution in [0.5, 0.6) is 0 Å². The first-order valence-electron chi connectivity index (χ1n) is 13.8. The van der Waals surface area contributed by atoms with Gasteiger partial charge in [-0.25, -0.2) is 0 Å². The van der Waals surface area contributed by atoms with Crippen LogP contribution in [-0.4, -0.2) is 17.9 Å². The van der Waals surface area contributed by atoms with Crippen molar-refractivity contribution in [2.75, 3.05) is 0 Å². The largest absolute Gasteiger partial charge is 0.352 e. The van der Waals surface area contributed by atoms with E-state index in [2.05, 4.69) is 16.7 Å². The quantitative estimate of drug-likeness (QED) is 0.645. The SMILES string of the molecule is O=C(NC1=CCCC(NC(=O)C23CC4CC(CC(C4)C2)C3)C1)C12CC3CC(CC(C3)C1)C2. The number of nitrogens with one attached hydrogen (secondary N) is 2. The molecule has 0 aromatic rings. The van der Waals surface area contributed by atoms with Gasteiger partial charge >= 0.3 is 0 Å². The van der Waals surface area contributed by atoms with Crippen molar-refractivity contribution in [1.82, 2.24) is 10.6 Å². The first kappa shape index (κ1) is 20.1. The molecule has 4 nitrogen and oxygen atoms in total. The number of carbonyl (C=O) groups excluding carboxylic acids is 2. The van der Waals surface area contributed by atoms with E-state index in [1.165, 1.54) is 38.5 Å². The molecule has 8 saturated carbocycles. The minimum absolute atomic E-state index is 0.0709. The molecule has 0 radical (unpaired) electrons. The first-order chi connectivity index (χ1) is 15.5. The zero-order chi connectivity index (χ0) is 21.5. The molecule has 9 rings (SSSR count). The van der Waals surface area contributed by atoms with E-state index in [-0.39, 0.29) is 16.9 Å². The Hall–Kier alpha value is -1.32. The molecular weight excluding hydrogens is 396 g/mol. The first-order valence-corrected chi connectivity index (χ1v) is 13.8. The minimum Gasteiger partial charge on any atom is -0.352 e. The molecule has 0 aromatic carbocycles. The van der Waals surface area contributed by atoms with E-state index >= 15 is 0 Å². The van der Waals surface area contributed by atoms with Gasteiger partial charge in [0.05, 0.1) is 5.41 Å². The third kappa shape index (κ3) is 3.21. The van der Waals surface area contributed by atoms with Crippen LogP contribution in [0.15, 0.2) is 11.8 Å². The van der Waals surface area contributed by atoms with Crippen LogP contribution in [0.25, 0.3) is 0 Å². The molecule has 4 heteroatoms. The zero-order valence-electron chi connectivity index (χ0n) is 19.5. The van der Waals surface area contributed by atoms with Gasteiger partial charge in [-0.3, -0.25) is 9.59 Å². The van der Waals surface area contributed by atoms with Crippen molar-refractivity contribution in [2.45, 2.75) is 102 Å². The maximum absolute atomic E-state index is 13.5. The van der Waals surface area contributed by atoms with Gasteiger partial charge < -0.3 is 10.6 Å². The topological polar surface area (TPSA) is 58.2 Å². The Morgan fingerprint density at radius 2 is 1.12 bits per heavy atom. The van der Waals surface area contributed by atoms with Crippen molar-refractivity contribution in [3.63, 3.8) is 0 Å². The highest BCUT2D eigenvalue weighted by atomic mass is 16.2. The maximum atomic E-state index is 13.5. The maximum Gasteiger partial charge on any atom is 0.230 e. The highest BCUT2D eigenvalue weighted by Crippen LogP contribution is 2.61. The fourth-order valence-corrected chi connectivity index (χ4v) is 10.5. The average molecular weight is 437 g/mol. The molecular formula is C28H40N2O2. The number of allylic oxidation sites excluding steroid dienone is 1. The molecule has 0 spiro atoms. The molecule has 32 heavy (non-hydrogen) atoms. The summed E-state index contributed by atoms with van der Waals surface area (Å²) in [6.45, 7) is 0. The normalized spacial score (nSPS) is 50.2. The Morgan fingerprint density at radius 3 is 1.59 bits per heavy atom. The Kier molecular flexibility index (Phi) is 4.45. The molecule has 8 fully saturated rings. The number of carbonyl (C=O) groups is 2. The Bertz CT molecular complexity index is 787. The van der Waals surface area contributed by atoms with E-state index in [1.54, 1.807) is 0 Å². The van der Waals surface area contributed by atoms with E-state index < -0.39 is 0 Å². The van der Waals surface area contributed by atoms with Gasteiger partial charge in [-0.2, -0.15) is 0 Å². The van der Waals surface area contributed by atoms with E-state index in [4.69, 9.17) is 0 Å². The summed E-state index contributed by atoms with van der Waals surface area (Å²) in [5.41, 5.74) is 0.913. The van der Waals surface area contributed by atoms with Crippen LogP contribution < -0.4 is 10.6 Å². The van der Waals surface area contributed by atoms with Crippen LogP contribution in [0, 0.1) is 46.3 Å². The van der Waals surface area contributed by atoms with Gasteiger partial charge in [0, 0.05) is 23.6 Å². The van der Waals surface area contributed by atoms with Crippen molar-refractivity contribution < 1.29 is 9.59 Å². The number of hydrogen-bond acceptors (Lipinski definition) is 2. The van der Waals surface area contributed by atoms with Gasteiger partial charge in [0.2, 0.25) is 11.8 Å². The van der Waals surface area contributed by atoms with Crippen LogP contribution in [-0.2, 0) is 9.59 Å². The Labute approximate surface area is 192 Å². The highest BCUT2D eigenvalue weighted by molar-refractivity contribution is 5.85. The molecule has 174 valence electrons. The Morgan fingerprint density at radius 1 is 0.688 bits per heavy atom. The lowest BCUT2D eigenvalue weighted by Gasteiger charge is -2.56. The van der Waals surface area contributed by atoms with Crippen LogP contribution >= 0.6 is 0 Å². The second-order valence-corrected chi connectivity index (χ2v) is 13.5. The summed E-state index contributed by atoms with van der Waals surface area (Å²) in [5.74, 6) is 5.42. The average Bonchev–Trinajstić information content (AvgIpc) is 2.72. The fourth-order valence-electron chi connectivity index (χ4n) is 10.5. The van der Waals surface area contributed by atoms with E-state index in [9.17, 15) is 9.59 Å². The minimum atomic E-state index is -0.0923. The van der Waals surface area contributed by atoms with Gasteiger partial charge in [-0.05, 0) is 125 Å². The van der Waals surface area contributed by atoms with Crippen molar-refractivity contribution in [1.29, 1.82) is 0 Å². The molecule has 1 unspecified atom stereocenters. The summed E-state index contributed by atoms with van der Waals surface area (Å²) in [6.07, 6.45) is 20.0. The van der Waals surface area contributed by atoms with Crippen LogP contribution in [0.3, 0.4) is 0 Å². The summed E-state index contributed by atoms with van der Waals surface area (Å²) in [4.78, 5) is 27.0. The molecule has 2 N–H and O–H groups in total. The van der Waals surface area contributed by atoms with Crippen LogP contribution in [0.4, 0.5) is 0 Å². The molecule has 1 atom stereocenters. The summed E-state index contributed by atoms with van der Waals surface area (Å²) in [6, 6.07) is 0.187. The van der Waals surface area contributed by atoms with Crippen molar-refractivity contribution in [2.24, 2.45) is 46.3 Å². The van der Waals surface area contributed by atoms with Crippen LogP contribution in [0.1, 0.15) is 96.3 Å². The molecule has 0 heterocycles. The van der Waals surface area contributed by atoms with Gasteiger partial charge in [0.25, 0.3) is 0 Å². The van der Waals surface area contributed by atoms with E-state index in [0.29, 0.717) is 11.8 Å². The number of amides is 2. The van der Waals surface area contributed by atoms with E-state index in [1.807, 2.05) is 0 Å². The van der Waals surface area contributed by atoms with Crippen molar-refractivity contribution in [3.05, 3.63) is 11.8 Å². The Balaban J connectivity index is 0.995. The second-order valence-electron chi connectivity index (χ2n) is 13.5. The van der Waals surface area contributed by atoms with Crippen molar-refractivity contribution >= 4 is 11.8 Å². The van der Waals surface area contributed by atoms with Crippen molar-refractivity contribution in [3.8, 4) is 0 Å². The summed E-state index contributed by atoms with van der Waals surface area (Å²) < 4.78 is 0. The molecule has 0 aromatic heterocycles. The smallest absolute Gasteiger partial charge is 0.230 e. The number of rotatable bonds is 4. The molecule has 2 amide bonds. The zero-order valence-corrected chi connectivity index (χ0v) is 19.5. The molecule has 8 bridgehead atoms. The summed E-state index contributed by atoms with van der Waals surface area (Å²) in [7, 11) is 0. The molecule has 0 saturated heterocycles. The summed E-state index contributed by atoms with van der Waals surface area (Å²) >= 11 is 0. The summed E-state index contributed by atoms with van der Waals surface area (Å²) in [5, 5.41) is 6.87. The lowest BCUT2D eigenvalue weighted by molar-refractivity contribution is -0.147. The number of hydrogen-bond donors (Lipinski definition) is 2. The van der Waals surface area contributed by atoms with Crippen LogP contribution in [0.2, 0.25) is 0 Å². The molecule has 9 aliphatic rings. The second kappa shape index (κ2) is 7.09. The predicted octanol–water partition coefficient (Wildman–Crippen LogP) is 5.09. The standard InChI is InChI=1S/C28H40N2O2/c31-25(27-11-17-4-18(12-27)6-19(5-17)13-27)29-23-2-1-3-24(10-23)30-26(32)28-14-20-7-21(15-28)9-22(8-20)16-28/h2,17-22,24H,1,3-16H2,(H,29,31)(H,30,32). The van der Waals surface area contributed by atoms with Gasteiger partial charge in [-0.15, -0.1) is 0 Å².